The van der Waals surface area contributed by atoms with E-state index in [1.54, 1.807) is 0 Å². The molecule has 1 aromatic carbocycles. The molecule has 0 saturated carbocycles. The maximum absolute atomic E-state index is 14.5. The number of benzene rings is 1. The molecule has 2 heterocycles. The molecular weight excluding hydrogens is 475 g/mol. The summed E-state index contributed by atoms with van der Waals surface area (Å²) in [5.41, 5.74) is -0.0991. The van der Waals surface area contributed by atoms with Crippen LogP contribution in [0.2, 0.25) is 5.02 Å². The van der Waals surface area contributed by atoms with Crippen LogP contribution in [0, 0.1) is 22.6 Å². The standard InChI is InChI=1S/C17H11BrClFN4O3S/c1-27-17-8(2-3-21)4-12(20)15(24-17)16(22)28(25,26)14-7-23-13-6-11(19)10(18)5-9(13)14/h4-7,22-23H,2H2,1H3. The van der Waals surface area contributed by atoms with Crippen molar-refractivity contribution in [2.75, 3.05) is 7.11 Å². The zero-order chi connectivity index (χ0) is 20.6. The number of methoxy groups -OCH3 is 1. The van der Waals surface area contributed by atoms with Crippen molar-refractivity contribution in [1.29, 1.82) is 10.7 Å². The molecule has 0 amide bonds. The molecule has 0 fully saturated rings. The van der Waals surface area contributed by atoms with Crippen molar-refractivity contribution in [2.24, 2.45) is 0 Å². The summed E-state index contributed by atoms with van der Waals surface area (Å²) in [5, 5.41) is 16.5. The molecule has 0 aliphatic rings. The first-order valence-electron chi connectivity index (χ1n) is 7.61. The number of rotatable bonds is 4. The van der Waals surface area contributed by atoms with E-state index < -0.39 is 26.4 Å². The van der Waals surface area contributed by atoms with Gasteiger partial charge in [-0.2, -0.15) is 5.26 Å². The molecule has 0 unspecified atom stereocenters. The Labute approximate surface area is 172 Å². The second-order valence-electron chi connectivity index (χ2n) is 5.62. The Morgan fingerprint density at radius 1 is 1.46 bits per heavy atom. The van der Waals surface area contributed by atoms with Gasteiger partial charge in [-0.05, 0) is 34.1 Å². The van der Waals surface area contributed by atoms with Crippen LogP contribution in [0.1, 0.15) is 11.3 Å². The normalized spacial score (nSPS) is 11.4. The van der Waals surface area contributed by atoms with Gasteiger partial charge in [-0.25, -0.2) is 17.8 Å². The van der Waals surface area contributed by atoms with Gasteiger partial charge in [-0.15, -0.1) is 0 Å². The summed E-state index contributed by atoms with van der Waals surface area (Å²) in [6.45, 7) is 0. The molecule has 3 rings (SSSR count). The van der Waals surface area contributed by atoms with Crippen molar-refractivity contribution in [3.05, 3.63) is 51.0 Å². The third-order valence-electron chi connectivity index (χ3n) is 3.94. The van der Waals surface area contributed by atoms with Gasteiger partial charge in [0.15, 0.2) is 10.9 Å². The SMILES string of the molecule is COc1nc(C(=N)S(=O)(=O)c2c[nH]c3cc(Cl)c(Br)cc23)c(F)cc1CC#N. The number of ether oxygens (including phenoxy) is 1. The third-order valence-corrected chi connectivity index (χ3v) is 6.78. The minimum absolute atomic E-state index is 0.119. The van der Waals surface area contributed by atoms with Gasteiger partial charge >= 0.3 is 0 Å². The lowest BCUT2D eigenvalue weighted by molar-refractivity contribution is 0.391. The second kappa shape index (κ2) is 7.50. The Bertz CT molecular complexity index is 1270. The molecule has 2 aromatic heterocycles. The lowest BCUT2D eigenvalue weighted by atomic mass is 10.2. The lowest BCUT2D eigenvalue weighted by Gasteiger charge is -2.10. The van der Waals surface area contributed by atoms with Crippen LogP contribution in [0.15, 0.2) is 33.8 Å². The molecule has 3 aromatic rings. The number of aromatic nitrogens is 2. The highest BCUT2D eigenvalue weighted by atomic mass is 79.9. The van der Waals surface area contributed by atoms with Gasteiger partial charge in [0.25, 0.3) is 0 Å². The molecule has 0 spiro atoms. The van der Waals surface area contributed by atoms with Crippen molar-refractivity contribution in [1.82, 2.24) is 9.97 Å². The van der Waals surface area contributed by atoms with E-state index in [1.165, 1.54) is 25.4 Å². The summed E-state index contributed by atoms with van der Waals surface area (Å²) in [6.07, 6.45) is 1.03. The number of aromatic amines is 1. The van der Waals surface area contributed by atoms with Gasteiger partial charge in [0.1, 0.15) is 5.69 Å². The number of nitrogens with one attached hydrogen (secondary N) is 2. The van der Waals surface area contributed by atoms with E-state index in [-0.39, 0.29) is 28.1 Å². The van der Waals surface area contributed by atoms with Crippen LogP contribution in [0.4, 0.5) is 4.39 Å². The number of sulfone groups is 1. The average molecular weight is 486 g/mol. The molecule has 0 saturated heterocycles. The van der Waals surface area contributed by atoms with E-state index in [1.807, 2.05) is 6.07 Å². The topological polar surface area (TPSA) is 120 Å². The number of H-pyrrole nitrogens is 1. The Morgan fingerprint density at radius 3 is 2.82 bits per heavy atom. The third kappa shape index (κ3) is 3.37. The Hall–Kier alpha value is -2.48. The number of halogens is 3. The van der Waals surface area contributed by atoms with E-state index >= 15 is 0 Å². The van der Waals surface area contributed by atoms with Crippen molar-refractivity contribution in [2.45, 2.75) is 11.3 Å². The van der Waals surface area contributed by atoms with Crippen molar-refractivity contribution in [3.8, 4) is 11.9 Å². The highest BCUT2D eigenvalue weighted by molar-refractivity contribution is 9.10. The van der Waals surface area contributed by atoms with E-state index in [9.17, 15) is 12.8 Å². The summed E-state index contributed by atoms with van der Waals surface area (Å²) < 4.78 is 45.9. The highest BCUT2D eigenvalue weighted by Crippen LogP contribution is 2.33. The van der Waals surface area contributed by atoms with Crippen LogP contribution in [0.5, 0.6) is 5.88 Å². The van der Waals surface area contributed by atoms with Crippen LogP contribution >= 0.6 is 27.5 Å². The quantitative estimate of drug-likeness (QED) is 0.428. The summed E-state index contributed by atoms with van der Waals surface area (Å²) >= 11 is 9.24. The maximum atomic E-state index is 14.5. The number of nitrogens with zero attached hydrogens (tertiary/aromatic N) is 2. The molecule has 0 radical (unpaired) electrons. The van der Waals surface area contributed by atoms with Gasteiger partial charge < -0.3 is 9.72 Å². The summed E-state index contributed by atoms with van der Waals surface area (Å²) in [6, 6.07) is 5.81. The monoisotopic (exact) mass is 484 g/mol. The predicted molar refractivity (Wildman–Crippen MR) is 105 cm³/mol. The predicted octanol–water partition coefficient (Wildman–Crippen LogP) is 3.99. The van der Waals surface area contributed by atoms with Crippen molar-refractivity contribution < 1.29 is 17.5 Å². The lowest BCUT2D eigenvalue weighted by Crippen LogP contribution is -2.19. The molecule has 144 valence electrons. The summed E-state index contributed by atoms with van der Waals surface area (Å²) in [4.78, 5) is 6.36. The van der Waals surface area contributed by atoms with Gasteiger partial charge in [-0.3, -0.25) is 5.41 Å². The number of nitriles is 1. The van der Waals surface area contributed by atoms with Crippen LogP contribution in [0.3, 0.4) is 0 Å². The summed E-state index contributed by atoms with van der Waals surface area (Å²) in [5.74, 6) is -1.16. The van der Waals surface area contributed by atoms with Gasteiger partial charge in [-0.1, -0.05) is 11.6 Å². The van der Waals surface area contributed by atoms with E-state index in [0.29, 0.717) is 15.0 Å². The van der Waals surface area contributed by atoms with Gasteiger partial charge in [0, 0.05) is 27.1 Å². The number of hydrogen-bond donors (Lipinski definition) is 2. The van der Waals surface area contributed by atoms with Crippen LogP contribution in [0.25, 0.3) is 10.9 Å². The number of fused-ring (bicyclic) bond motifs is 1. The first-order valence-corrected chi connectivity index (χ1v) is 10.3. The molecule has 0 bridgehead atoms. The first-order chi connectivity index (χ1) is 13.2. The Kier molecular flexibility index (Phi) is 5.43. The fourth-order valence-electron chi connectivity index (χ4n) is 2.61. The molecular formula is C17H11BrClFN4O3S. The molecule has 7 nitrogen and oxygen atoms in total. The second-order valence-corrected chi connectivity index (χ2v) is 8.74. The molecule has 2 N–H and O–H groups in total. The van der Waals surface area contributed by atoms with Crippen LogP contribution in [-0.2, 0) is 16.3 Å². The highest BCUT2D eigenvalue weighted by Gasteiger charge is 2.30. The summed E-state index contributed by atoms with van der Waals surface area (Å²) in [7, 11) is -3.16. The molecule has 0 atom stereocenters. The number of pyridine rings is 1. The largest absolute Gasteiger partial charge is 0.481 e. The van der Waals surface area contributed by atoms with E-state index in [4.69, 9.17) is 27.0 Å². The smallest absolute Gasteiger partial charge is 0.227 e. The Balaban J connectivity index is 2.15. The number of hydrogen-bond acceptors (Lipinski definition) is 6. The molecule has 11 heteroatoms. The van der Waals surface area contributed by atoms with Crippen LogP contribution in [-0.4, -0.2) is 30.5 Å². The molecule has 28 heavy (non-hydrogen) atoms. The fourth-order valence-corrected chi connectivity index (χ4v) is 4.41. The maximum Gasteiger partial charge on any atom is 0.227 e. The minimum Gasteiger partial charge on any atom is -0.481 e. The fraction of sp³-hybridized carbons (Fsp3) is 0.118. The Morgan fingerprint density at radius 2 is 2.18 bits per heavy atom. The van der Waals surface area contributed by atoms with Crippen molar-refractivity contribution in [3.63, 3.8) is 0 Å². The zero-order valence-corrected chi connectivity index (χ0v) is 17.3. The van der Waals surface area contributed by atoms with Crippen molar-refractivity contribution >= 4 is 53.3 Å². The average Bonchev–Trinajstić information content (AvgIpc) is 3.05. The minimum atomic E-state index is -4.41. The van der Waals surface area contributed by atoms with Gasteiger partial charge in [0.05, 0.1) is 29.5 Å². The van der Waals surface area contributed by atoms with Crippen LogP contribution < -0.4 is 4.74 Å². The zero-order valence-electron chi connectivity index (χ0n) is 14.2. The first kappa shape index (κ1) is 20.3. The van der Waals surface area contributed by atoms with E-state index in [0.717, 1.165) is 6.07 Å². The molecule has 0 aliphatic carbocycles. The van der Waals surface area contributed by atoms with Gasteiger partial charge in [0.2, 0.25) is 15.7 Å². The van der Waals surface area contributed by atoms with E-state index in [2.05, 4.69) is 25.9 Å². The molecule has 0 aliphatic heterocycles.